The molecule has 0 aliphatic carbocycles. The van der Waals surface area contributed by atoms with E-state index in [4.69, 9.17) is 28.4 Å². The normalized spacial score (nSPS) is 17.0. The zero-order valence-electron chi connectivity index (χ0n) is 33.5. The smallest absolute Gasteiger partial charge is 0.439 e. The molecule has 5 N–H and O–H groups in total. The van der Waals surface area contributed by atoms with Gasteiger partial charge in [-0.15, -0.1) is 13.2 Å². The van der Waals surface area contributed by atoms with Crippen LogP contribution in [0.1, 0.15) is 36.0 Å². The molecule has 1 aromatic heterocycles. The van der Waals surface area contributed by atoms with Crippen molar-refractivity contribution in [1.29, 1.82) is 0 Å². The first kappa shape index (κ1) is 47.1. The van der Waals surface area contributed by atoms with Gasteiger partial charge in [-0.05, 0) is 55.3 Å². The molecule has 2 aliphatic heterocycles. The van der Waals surface area contributed by atoms with Gasteiger partial charge in [0.15, 0.2) is 0 Å². The number of aromatic nitrogens is 2. The van der Waals surface area contributed by atoms with Crippen LogP contribution in [0.15, 0.2) is 60.9 Å². The van der Waals surface area contributed by atoms with Gasteiger partial charge in [-0.1, -0.05) is 12.5 Å². The van der Waals surface area contributed by atoms with E-state index in [1.807, 2.05) is 11.8 Å². The Labute approximate surface area is 355 Å². The van der Waals surface area contributed by atoms with E-state index in [0.717, 1.165) is 25.0 Å². The quantitative estimate of drug-likeness (QED) is 0.0480. The molecule has 2 aromatic carbocycles. The zero-order chi connectivity index (χ0) is 43.1. The standard InChI is InChI=1S/C40H52F3N7O10S/c41-40(42,43)60-30-10-8-29(9-11-30)48-34-25-36(47-27-46-34)59-31-5-3-4-28(24-31)38(52)45-13-15-55-17-19-57-21-23-58-22-20-56-18-16-54-14-12-44-35(51)7-2-1-6-33-37-32(26-61-33)49-39(53)50-37/h3-5,8-11,24-25,27,32-33,37H,1-2,6-7,12-23,26H2,(H,44,51)(H,45,52)(H,46,47,48)(H2,49,50,53). The first-order chi connectivity index (χ1) is 29.6. The number of fused-ring (bicyclic) bond motifs is 1. The monoisotopic (exact) mass is 879 g/mol. The van der Waals surface area contributed by atoms with Crippen LogP contribution in [-0.4, -0.2) is 136 Å². The van der Waals surface area contributed by atoms with Gasteiger partial charge in [0, 0.05) is 47.8 Å². The van der Waals surface area contributed by atoms with Crippen molar-refractivity contribution in [2.24, 2.45) is 0 Å². The summed E-state index contributed by atoms with van der Waals surface area (Å²) in [4.78, 5) is 44.4. The number of alkyl halides is 3. The fourth-order valence-electron chi connectivity index (χ4n) is 6.12. The predicted molar refractivity (Wildman–Crippen MR) is 218 cm³/mol. The molecule has 0 saturated carbocycles. The van der Waals surface area contributed by atoms with Crippen LogP contribution >= 0.6 is 11.8 Å². The van der Waals surface area contributed by atoms with Gasteiger partial charge in [0.2, 0.25) is 11.8 Å². The van der Waals surface area contributed by atoms with Crippen LogP contribution < -0.4 is 36.1 Å². The van der Waals surface area contributed by atoms with Crippen molar-refractivity contribution in [3.8, 4) is 17.4 Å². The van der Waals surface area contributed by atoms with E-state index in [0.29, 0.717) is 100 Å². The van der Waals surface area contributed by atoms with Crippen LogP contribution in [0, 0.1) is 0 Å². The molecular formula is C40H52F3N7O10S. The number of carbonyl (C=O) groups is 3. The van der Waals surface area contributed by atoms with Crippen LogP contribution in [-0.2, 0) is 28.5 Å². The molecule has 2 aliphatic rings. The number of urea groups is 1. The Morgan fingerprint density at radius 3 is 2.10 bits per heavy atom. The predicted octanol–water partition coefficient (Wildman–Crippen LogP) is 4.57. The summed E-state index contributed by atoms with van der Waals surface area (Å²) < 4.78 is 74.5. The molecule has 5 rings (SSSR count). The van der Waals surface area contributed by atoms with Crippen molar-refractivity contribution in [2.45, 2.75) is 49.4 Å². The number of nitrogens with one attached hydrogen (secondary N) is 5. The number of amides is 4. The number of benzene rings is 2. The summed E-state index contributed by atoms with van der Waals surface area (Å²) in [7, 11) is 0. The summed E-state index contributed by atoms with van der Waals surface area (Å²) in [6.07, 6.45) is -0.283. The Kier molecular flexibility index (Phi) is 19.9. The lowest BCUT2D eigenvalue weighted by atomic mass is 10.0. The zero-order valence-corrected chi connectivity index (χ0v) is 34.4. The van der Waals surface area contributed by atoms with Crippen molar-refractivity contribution in [1.82, 2.24) is 31.2 Å². The molecule has 0 spiro atoms. The van der Waals surface area contributed by atoms with Gasteiger partial charge >= 0.3 is 12.4 Å². The molecule has 2 fully saturated rings. The molecule has 3 unspecified atom stereocenters. The molecular weight excluding hydrogens is 828 g/mol. The minimum atomic E-state index is -4.78. The maximum absolute atomic E-state index is 12.7. The highest BCUT2D eigenvalue weighted by Crippen LogP contribution is 2.33. The van der Waals surface area contributed by atoms with Crippen molar-refractivity contribution in [3.05, 3.63) is 66.5 Å². The second-order valence-corrected chi connectivity index (χ2v) is 14.9. The summed E-state index contributed by atoms with van der Waals surface area (Å²) in [6, 6.07) is 13.5. The topological polar surface area (TPSA) is 202 Å². The van der Waals surface area contributed by atoms with E-state index in [1.165, 1.54) is 36.7 Å². The van der Waals surface area contributed by atoms with E-state index < -0.39 is 6.36 Å². The summed E-state index contributed by atoms with van der Waals surface area (Å²) in [6.45, 7) is 4.64. The Morgan fingerprint density at radius 2 is 1.43 bits per heavy atom. The number of anilines is 2. The van der Waals surface area contributed by atoms with E-state index in [9.17, 15) is 27.6 Å². The third-order valence-corrected chi connectivity index (χ3v) is 10.5. The summed E-state index contributed by atoms with van der Waals surface area (Å²) in [5.74, 6) is 1.15. The number of nitrogens with zero attached hydrogens (tertiary/aromatic N) is 2. The van der Waals surface area contributed by atoms with Crippen molar-refractivity contribution in [3.63, 3.8) is 0 Å². The Hall–Kier alpha value is -4.93. The van der Waals surface area contributed by atoms with Crippen LogP contribution in [0.4, 0.5) is 29.5 Å². The maximum Gasteiger partial charge on any atom is 0.573 e. The molecule has 3 heterocycles. The second-order valence-electron chi connectivity index (χ2n) is 13.6. The van der Waals surface area contributed by atoms with Crippen LogP contribution in [0.5, 0.6) is 17.4 Å². The summed E-state index contributed by atoms with van der Waals surface area (Å²) in [5.41, 5.74) is 0.827. The Morgan fingerprint density at radius 1 is 0.770 bits per heavy atom. The fourth-order valence-corrected chi connectivity index (χ4v) is 7.66. The lowest BCUT2D eigenvalue weighted by molar-refractivity contribution is -0.274. The van der Waals surface area contributed by atoms with Crippen molar-refractivity contribution in [2.75, 3.05) is 90.2 Å². The lowest BCUT2D eigenvalue weighted by Gasteiger charge is -2.16. The molecule has 3 aromatic rings. The van der Waals surface area contributed by atoms with Gasteiger partial charge in [-0.2, -0.15) is 11.8 Å². The van der Waals surface area contributed by atoms with Gasteiger partial charge in [0.05, 0.1) is 78.2 Å². The largest absolute Gasteiger partial charge is 0.573 e. The van der Waals surface area contributed by atoms with Gasteiger partial charge in [0.25, 0.3) is 5.91 Å². The van der Waals surface area contributed by atoms with E-state index in [2.05, 4.69) is 41.3 Å². The van der Waals surface area contributed by atoms with Crippen LogP contribution in [0.3, 0.4) is 0 Å². The number of unbranched alkanes of at least 4 members (excludes halogenated alkanes) is 1. The number of rotatable bonds is 29. The first-order valence-electron chi connectivity index (χ1n) is 20.0. The number of carbonyl (C=O) groups excluding carboxylic acids is 3. The number of thioether (sulfide) groups is 1. The molecule has 4 amide bonds. The van der Waals surface area contributed by atoms with Crippen molar-refractivity contribution >= 4 is 41.1 Å². The maximum atomic E-state index is 12.7. The Bertz CT molecular complexity index is 1800. The minimum absolute atomic E-state index is 0.0175. The average molecular weight is 880 g/mol. The summed E-state index contributed by atoms with van der Waals surface area (Å²) >= 11 is 1.89. The fraction of sp³-hybridized carbons (Fsp3) is 0.525. The second kappa shape index (κ2) is 25.8. The van der Waals surface area contributed by atoms with Gasteiger partial charge in [0.1, 0.15) is 23.6 Å². The molecule has 334 valence electrons. The minimum Gasteiger partial charge on any atom is -0.439 e. The van der Waals surface area contributed by atoms with Gasteiger partial charge in [-0.3, -0.25) is 9.59 Å². The van der Waals surface area contributed by atoms with E-state index >= 15 is 0 Å². The highest BCUT2D eigenvalue weighted by molar-refractivity contribution is 8.00. The van der Waals surface area contributed by atoms with Crippen molar-refractivity contribution < 1.29 is 60.7 Å². The molecule has 0 radical (unpaired) electrons. The van der Waals surface area contributed by atoms with Gasteiger partial charge < -0.3 is 59.7 Å². The lowest BCUT2D eigenvalue weighted by Crippen LogP contribution is -2.36. The number of halogens is 3. The third kappa shape index (κ3) is 18.3. The highest BCUT2D eigenvalue weighted by Gasteiger charge is 2.42. The molecule has 21 heteroatoms. The van der Waals surface area contributed by atoms with Crippen LogP contribution in [0.2, 0.25) is 0 Å². The number of ether oxygens (including phenoxy) is 7. The average Bonchev–Trinajstić information content (AvgIpc) is 3.79. The molecule has 17 nitrogen and oxygen atoms in total. The van der Waals surface area contributed by atoms with Crippen LogP contribution in [0.25, 0.3) is 0 Å². The highest BCUT2D eigenvalue weighted by atomic mass is 32.2. The summed E-state index contributed by atoms with van der Waals surface area (Å²) in [5, 5.41) is 15.0. The SMILES string of the molecule is O=C(CCCCC1SCC2NC(=O)NC21)NCCOCCOCCOCCOCCOCCNC(=O)c1cccc(Oc2cc(Nc3ccc(OC(F)(F)F)cc3)ncn2)c1. The first-order valence-corrected chi connectivity index (χ1v) is 21.0. The Balaban J connectivity index is 0.784. The molecule has 0 bridgehead atoms. The molecule has 61 heavy (non-hydrogen) atoms. The van der Waals surface area contributed by atoms with E-state index in [1.54, 1.807) is 24.3 Å². The third-order valence-electron chi connectivity index (χ3n) is 8.99. The molecule has 2 saturated heterocycles. The van der Waals surface area contributed by atoms with Gasteiger partial charge in [-0.25, -0.2) is 14.8 Å². The van der Waals surface area contributed by atoms with E-state index in [-0.39, 0.29) is 54.7 Å². The molecule has 3 atom stereocenters. The number of hydrogen-bond acceptors (Lipinski definition) is 14. The number of hydrogen-bond donors (Lipinski definition) is 5.